The lowest BCUT2D eigenvalue weighted by atomic mass is 10.0. The lowest BCUT2D eigenvalue weighted by molar-refractivity contribution is -0.125. The second-order valence-corrected chi connectivity index (χ2v) is 5.51. The van der Waals surface area contributed by atoms with Gasteiger partial charge in [-0.15, -0.1) is 0 Å². The van der Waals surface area contributed by atoms with E-state index >= 15 is 0 Å². The lowest BCUT2D eigenvalue weighted by Crippen LogP contribution is -2.48. The number of carbonyl (C=O) groups is 1. The van der Waals surface area contributed by atoms with Crippen LogP contribution in [0.1, 0.15) is 19.4 Å². The average molecular weight is 272 g/mol. The van der Waals surface area contributed by atoms with Crippen LogP contribution in [0.25, 0.3) is 11.1 Å². The van der Waals surface area contributed by atoms with Gasteiger partial charge in [0.25, 0.3) is 0 Å². The summed E-state index contributed by atoms with van der Waals surface area (Å²) >= 11 is 0. The van der Waals surface area contributed by atoms with Gasteiger partial charge in [0.15, 0.2) is 0 Å². The molecule has 3 N–H and O–H groups in total. The molecule has 20 heavy (non-hydrogen) atoms. The Balaban J connectivity index is 2.09. The zero-order chi connectivity index (χ0) is 14.8. The second-order valence-electron chi connectivity index (χ2n) is 5.51. The molecular formula is C15H20N4O. The first kappa shape index (κ1) is 14.3. The van der Waals surface area contributed by atoms with Gasteiger partial charge in [0, 0.05) is 25.4 Å². The van der Waals surface area contributed by atoms with E-state index in [4.69, 9.17) is 5.73 Å². The van der Waals surface area contributed by atoms with E-state index in [9.17, 15) is 4.79 Å². The highest BCUT2D eigenvalue weighted by atomic mass is 16.2. The molecule has 0 aliphatic heterocycles. The van der Waals surface area contributed by atoms with Crippen LogP contribution in [-0.2, 0) is 18.4 Å². The fraction of sp³-hybridized carbons (Fsp3) is 0.333. The van der Waals surface area contributed by atoms with Crippen LogP contribution >= 0.6 is 0 Å². The minimum Gasteiger partial charge on any atom is -0.350 e. The predicted molar refractivity (Wildman–Crippen MR) is 78.8 cm³/mol. The molecule has 2 aromatic rings. The molecule has 1 heterocycles. The third kappa shape index (κ3) is 3.45. The molecule has 2 rings (SSSR count). The zero-order valence-corrected chi connectivity index (χ0v) is 12.1. The van der Waals surface area contributed by atoms with Crippen molar-refractivity contribution in [3.63, 3.8) is 0 Å². The van der Waals surface area contributed by atoms with E-state index < -0.39 is 5.54 Å². The summed E-state index contributed by atoms with van der Waals surface area (Å²) in [5.41, 5.74) is 8.05. The van der Waals surface area contributed by atoms with Gasteiger partial charge >= 0.3 is 0 Å². The predicted octanol–water partition coefficient (Wildman–Crippen LogP) is 1.44. The highest BCUT2D eigenvalue weighted by molar-refractivity contribution is 5.85. The largest absolute Gasteiger partial charge is 0.350 e. The summed E-state index contributed by atoms with van der Waals surface area (Å²) in [6, 6.07) is 8.01. The van der Waals surface area contributed by atoms with Crippen molar-refractivity contribution in [2.24, 2.45) is 12.8 Å². The summed E-state index contributed by atoms with van der Waals surface area (Å²) in [6.07, 6.45) is 3.78. The molecule has 0 saturated heterocycles. The Morgan fingerprint density at radius 3 is 2.75 bits per heavy atom. The zero-order valence-electron chi connectivity index (χ0n) is 12.1. The molecule has 1 aromatic carbocycles. The number of aryl methyl sites for hydroxylation is 1. The minimum absolute atomic E-state index is 0.163. The topological polar surface area (TPSA) is 72.9 Å². The maximum Gasteiger partial charge on any atom is 0.239 e. The minimum atomic E-state index is -0.860. The average Bonchev–Trinajstić information content (AvgIpc) is 2.82. The molecule has 5 nitrogen and oxygen atoms in total. The molecule has 0 radical (unpaired) electrons. The number of nitrogens with one attached hydrogen (secondary N) is 1. The van der Waals surface area contributed by atoms with Gasteiger partial charge in [-0.3, -0.25) is 9.48 Å². The van der Waals surface area contributed by atoms with Crippen LogP contribution in [0.3, 0.4) is 0 Å². The van der Waals surface area contributed by atoms with Crippen LogP contribution in [0.5, 0.6) is 0 Å². The first-order valence-corrected chi connectivity index (χ1v) is 6.51. The van der Waals surface area contributed by atoms with Crippen LogP contribution in [0.15, 0.2) is 36.7 Å². The number of nitrogens with two attached hydrogens (primary N) is 1. The molecule has 0 fully saturated rings. The maximum absolute atomic E-state index is 11.7. The molecule has 0 atom stereocenters. The number of amides is 1. The Morgan fingerprint density at radius 2 is 2.15 bits per heavy atom. The van der Waals surface area contributed by atoms with Crippen molar-refractivity contribution < 1.29 is 4.79 Å². The summed E-state index contributed by atoms with van der Waals surface area (Å²) in [5.74, 6) is -0.163. The van der Waals surface area contributed by atoms with Crippen molar-refractivity contribution in [3.05, 3.63) is 42.2 Å². The van der Waals surface area contributed by atoms with Crippen molar-refractivity contribution >= 4 is 5.91 Å². The summed E-state index contributed by atoms with van der Waals surface area (Å²) in [4.78, 5) is 11.7. The van der Waals surface area contributed by atoms with E-state index in [0.717, 1.165) is 16.7 Å². The van der Waals surface area contributed by atoms with Crippen molar-refractivity contribution in [2.75, 3.05) is 0 Å². The van der Waals surface area contributed by atoms with E-state index in [1.807, 2.05) is 43.7 Å². The van der Waals surface area contributed by atoms with E-state index in [2.05, 4.69) is 10.4 Å². The molecule has 106 valence electrons. The first-order chi connectivity index (χ1) is 9.36. The van der Waals surface area contributed by atoms with Crippen LogP contribution < -0.4 is 11.1 Å². The molecule has 0 unspecified atom stereocenters. The Bertz CT molecular complexity index is 610. The summed E-state index contributed by atoms with van der Waals surface area (Å²) in [7, 11) is 1.89. The summed E-state index contributed by atoms with van der Waals surface area (Å²) in [5, 5.41) is 7.00. The highest BCUT2D eigenvalue weighted by Gasteiger charge is 2.21. The monoisotopic (exact) mass is 272 g/mol. The van der Waals surface area contributed by atoms with Gasteiger partial charge in [0.2, 0.25) is 5.91 Å². The Morgan fingerprint density at radius 1 is 1.40 bits per heavy atom. The second kappa shape index (κ2) is 5.46. The smallest absolute Gasteiger partial charge is 0.239 e. The van der Waals surface area contributed by atoms with E-state index in [1.165, 1.54) is 0 Å². The Labute approximate surface area is 118 Å². The molecule has 0 bridgehead atoms. The Hall–Kier alpha value is -2.14. The number of nitrogens with zero attached hydrogens (tertiary/aromatic N) is 2. The standard InChI is InChI=1S/C15H20N4O/c1-15(2,16)14(20)17-8-11-5-4-6-12(7-11)13-9-18-19(3)10-13/h4-7,9-10H,8,16H2,1-3H3,(H,17,20). The summed E-state index contributed by atoms with van der Waals surface area (Å²) < 4.78 is 1.76. The SMILES string of the molecule is Cn1cc(-c2cccc(CNC(=O)C(C)(C)N)c2)cn1. The highest BCUT2D eigenvalue weighted by Crippen LogP contribution is 2.19. The lowest BCUT2D eigenvalue weighted by Gasteiger charge is -2.17. The maximum atomic E-state index is 11.7. The number of hydrogen-bond acceptors (Lipinski definition) is 3. The molecule has 0 aliphatic rings. The van der Waals surface area contributed by atoms with Gasteiger partial charge in [0.1, 0.15) is 0 Å². The molecule has 0 aliphatic carbocycles. The molecular weight excluding hydrogens is 252 g/mol. The number of aromatic nitrogens is 2. The van der Waals surface area contributed by atoms with Gasteiger partial charge < -0.3 is 11.1 Å². The van der Waals surface area contributed by atoms with Crippen molar-refractivity contribution in [2.45, 2.75) is 25.9 Å². The van der Waals surface area contributed by atoms with Crippen molar-refractivity contribution in [1.82, 2.24) is 15.1 Å². The van der Waals surface area contributed by atoms with Gasteiger partial charge in [-0.05, 0) is 31.0 Å². The fourth-order valence-corrected chi connectivity index (χ4v) is 1.84. The van der Waals surface area contributed by atoms with Crippen LogP contribution in [0.2, 0.25) is 0 Å². The van der Waals surface area contributed by atoms with E-state index in [1.54, 1.807) is 18.5 Å². The van der Waals surface area contributed by atoms with Crippen molar-refractivity contribution in [3.8, 4) is 11.1 Å². The van der Waals surface area contributed by atoms with E-state index in [0.29, 0.717) is 6.54 Å². The van der Waals surface area contributed by atoms with Crippen molar-refractivity contribution in [1.29, 1.82) is 0 Å². The molecule has 1 aromatic heterocycles. The Kier molecular flexibility index (Phi) is 3.90. The normalized spacial score (nSPS) is 11.4. The molecule has 0 saturated carbocycles. The third-order valence-electron chi connectivity index (χ3n) is 3.00. The van der Waals surface area contributed by atoms with E-state index in [-0.39, 0.29) is 5.91 Å². The number of rotatable bonds is 4. The summed E-state index contributed by atoms with van der Waals surface area (Å²) in [6.45, 7) is 3.84. The number of hydrogen-bond donors (Lipinski definition) is 2. The van der Waals surface area contributed by atoms with Gasteiger partial charge in [-0.2, -0.15) is 5.10 Å². The molecule has 5 heteroatoms. The van der Waals surface area contributed by atoms with Gasteiger partial charge in [0.05, 0.1) is 11.7 Å². The quantitative estimate of drug-likeness (QED) is 0.884. The van der Waals surface area contributed by atoms with Gasteiger partial charge in [-0.25, -0.2) is 0 Å². The molecule has 0 spiro atoms. The number of carbonyl (C=O) groups excluding carboxylic acids is 1. The van der Waals surface area contributed by atoms with Gasteiger partial charge in [-0.1, -0.05) is 18.2 Å². The van der Waals surface area contributed by atoms with Crippen LogP contribution in [0, 0.1) is 0 Å². The molecule has 1 amide bonds. The third-order valence-corrected chi connectivity index (χ3v) is 3.00. The van der Waals surface area contributed by atoms with Crippen LogP contribution in [-0.4, -0.2) is 21.2 Å². The number of benzene rings is 1. The fourth-order valence-electron chi connectivity index (χ4n) is 1.84. The first-order valence-electron chi connectivity index (χ1n) is 6.51. The van der Waals surface area contributed by atoms with Crippen LogP contribution in [0.4, 0.5) is 0 Å².